The van der Waals surface area contributed by atoms with Crippen LogP contribution in [0.2, 0.25) is 0 Å². The quantitative estimate of drug-likeness (QED) is 0.424. The van der Waals surface area contributed by atoms with Crippen LogP contribution in [0.25, 0.3) is 5.78 Å². The van der Waals surface area contributed by atoms with E-state index in [0.29, 0.717) is 35.9 Å². The van der Waals surface area contributed by atoms with Crippen molar-refractivity contribution >= 4 is 34.7 Å². The Kier molecular flexibility index (Phi) is 5.62. The normalized spacial score (nSPS) is 11.0. The van der Waals surface area contributed by atoms with Crippen LogP contribution in [-0.2, 0) is 17.8 Å². The number of amides is 1. The van der Waals surface area contributed by atoms with Gasteiger partial charge in [0, 0.05) is 22.5 Å². The number of nitrogens with zero attached hydrogens (tertiary/aromatic N) is 3. The van der Waals surface area contributed by atoms with Gasteiger partial charge in [-0.2, -0.15) is 9.50 Å². The summed E-state index contributed by atoms with van der Waals surface area (Å²) in [5.41, 5.74) is 2.71. The van der Waals surface area contributed by atoms with Gasteiger partial charge in [-0.3, -0.25) is 14.7 Å². The summed E-state index contributed by atoms with van der Waals surface area (Å²) in [6.07, 6.45) is 0.491. The molecule has 0 saturated carbocycles. The zero-order valence-electron chi connectivity index (χ0n) is 16.7. The number of hydrogen-bond donors (Lipinski definition) is 3. The number of H-pyrrole nitrogens is 1. The van der Waals surface area contributed by atoms with Crippen molar-refractivity contribution in [1.29, 1.82) is 0 Å². The Morgan fingerprint density at radius 1 is 1.17 bits per heavy atom. The van der Waals surface area contributed by atoms with Gasteiger partial charge in [-0.25, -0.2) is 4.98 Å². The van der Waals surface area contributed by atoms with Gasteiger partial charge in [-0.15, -0.1) is 11.3 Å². The molecule has 3 heterocycles. The highest BCUT2D eigenvalue weighted by Gasteiger charge is 2.15. The number of carbonyl (C=O) groups is 1. The van der Waals surface area contributed by atoms with Crippen LogP contribution in [0.1, 0.15) is 28.1 Å². The summed E-state index contributed by atoms with van der Waals surface area (Å²) in [6.45, 7) is 4.36. The number of hydrogen-bond acceptors (Lipinski definition) is 6. The molecule has 154 valence electrons. The number of fused-ring (bicyclic) bond motifs is 1. The van der Waals surface area contributed by atoms with E-state index in [-0.39, 0.29) is 17.9 Å². The maximum atomic E-state index is 12.9. The minimum Gasteiger partial charge on any atom is -0.350 e. The lowest BCUT2D eigenvalue weighted by atomic mass is 10.1. The van der Waals surface area contributed by atoms with E-state index in [2.05, 4.69) is 25.7 Å². The molecular formula is C21H22N6O2S. The number of carbonyl (C=O) groups excluding carboxylic acids is 1. The molecule has 4 aromatic rings. The Balaban J connectivity index is 1.46. The predicted molar refractivity (Wildman–Crippen MR) is 118 cm³/mol. The van der Waals surface area contributed by atoms with Crippen LogP contribution in [0.5, 0.6) is 0 Å². The second kappa shape index (κ2) is 8.50. The monoisotopic (exact) mass is 422 g/mol. The smallest absolute Gasteiger partial charge is 0.277 e. The van der Waals surface area contributed by atoms with E-state index in [0.717, 1.165) is 16.1 Å². The maximum absolute atomic E-state index is 12.9. The Morgan fingerprint density at radius 3 is 2.70 bits per heavy atom. The molecule has 0 aliphatic rings. The first-order valence-corrected chi connectivity index (χ1v) is 10.5. The highest BCUT2D eigenvalue weighted by molar-refractivity contribution is 7.09. The van der Waals surface area contributed by atoms with Crippen LogP contribution in [0.3, 0.4) is 0 Å². The number of benzene rings is 1. The highest BCUT2D eigenvalue weighted by atomic mass is 32.1. The Hall–Kier alpha value is -3.46. The zero-order chi connectivity index (χ0) is 21.1. The zero-order valence-corrected chi connectivity index (χ0v) is 17.5. The van der Waals surface area contributed by atoms with E-state index in [1.54, 1.807) is 18.3 Å². The molecule has 0 unspecified atom stereocenters. The average Bonchev–Trinajstić information content (AvgIpc) is 3.37. The standard InChI is InChI=1S/C21H22N6O2S/c1-13-5-7-15(8-6-13)24-18(28)10-9-17-14(2)23-21-25-20(26-27(21)19(17)29)22-12-16-4-3-11-30-16/h3-8,11H,9-10,12H2,1-2H3,(H,24,28)(H2,22,23,25,26). The number of anilines is 2. The molecule has 0 atom stereocenters. The second-order valence-electron chi connectivity index (χ2n) is 7.04. The summed E-state index contributed by atoms with van der Waals surface area (Å²) in [5.74, 6) is 0.631. The molecule has 0 fully saturated rings. The fourth-order valence-corrected chi connectivity index (χ4v) is 3.75. The summed E-state index contributed by atoms with van der Waals surface area (Å²) in [6, 6.07) is 11.6. The van der Waals surface area contributed by atoms with E-state index >= 15 is 0 Å². The Morgan fingerprint density at radius 2 is 1.97 bits per heavy atom. The van der Waals surface area contributed by atoms with E-state index in [4.69, 9.17) is 0 Å². The molecule has 1 amide bonds. The number of aromatic nitrogens is 4. The molecule has 4 rings (SSSR count). The molecule has 3 N–H and O–H groups in total. The molecule has 9 heteroatoms. The average molecular weight is 423 g/mol. The van der Waals surface area contributed by atoms with Crippen LogP contribution < -0.4 is 16.2 Å². The first-order valence-electron chi connectivity index (χ1n) is 9.60. The molecule has 0 bridgehead atoms. The second-order valence-corrected chi connectivity index (χ2v) is 8.07. The topological polar surface area (TPSA) is 104 Å². The number of rotatable bonds is 7. The molecule has 1 aromatic carbocycles. The number of aryl methyl sites for hydroxylation is 2. The SMILES string of the molecule is Cc1ccc(NC(=O)CCc2c(C)nc3nc(NCc4cccs4)[nH]n3c2=O)cc1. The van der Waals surface area contributed by atoms with Crippen molar-refractivity contribution in [1.82, 2.24) is 19.6 Å². The summed E-state index contributed by atoms with van der Waals surface area (Å²) < 4.78 is 1.32. The minimum atomic E-state index is -0.239. The van der Waals surface area contributed by atoms with Gasteiger partial charge >= 0.3 is 0 Å². The van der Waals surface area contributed by atoms with E-state index in [9.17, 15) is 9.59 Å². The van der Waals surface area contributed by atoms with Gasteiger partial charge in [0.05, 0.1) is 12.2 Å². The Labute approximate surface area is 177 Å². The van der Waals surface area contributed by atoms with Crippen molar-refractivity contribution in [2.75, 3.05) is 10.6 Å². The fourth-order valence-electron chi connectivity index (χ4n) is 3.10. The van der Waals surface area contributed by atoms with Crippen LogP contribution in [0, 0.1) is 13.8 Å². The van der Waals surface area contributed by atoms with Gasteiger partial charge in [0.2, 0.25) is 11.9 Å². The summed E-state index contributed by atoms with van der Waals surface area (Å²) in [4.78, 5) is 35.1. The summed E-state index contributed by atoms with van der Waals surface area (Å²) >= 11 is 1.64. The summed E-state index contributed by atoms with van der Waals surface area (Å²) in [7, 11) is 0. The number of nitrogens with one attached hydrogen (secondary N) is 3. The van der Waals surface area contributed by atoms with Gasteiger partial charge in [0.25, 0.3) is 11.3 Å². The van der Waals surface area contributed by atoms with Gasteiger partial charge < -0.3 is 10.6 Å². The van der Waals surface area contributed by atoms with Crippen molar-refractivity contribution in [3.8, 4) is 0 Å². The Bertz CT molecular complexity index is 1230. The molecule has 0 radical (unpaired) electrons. The van der Waals surface area contributed by atoms with Crippen LogP contribution in [-0.4, -0.2) is 25.5 Å². The van der Waals surface area contributed by atoms with E-state index in [1.807, 2.05) is 48.7 Å². The lowest BCUT2D eigenvalue weighted by molar-refractivity contribution is -0.116. The van der Waals surface area contributed by atoms with Gasteiger partial charge in [0.1, 0.15) is 0 Å². The van der Waals surface area contributed by atoms with Crippen LogP contribution in [0.15, 0.2) is 46.6 Å². The molecule has 0 saturated heterocycles. The molecular weight excluding hydrogens is 400 g/mol. The third-order valence-electron chi connectivity index (χ3n) is 4.74. The van der Waals surface area contributed by atoms with Crippen molar-refractivity contribution in [2.24, 2.45) is 0 Å². The molecule has 0 aliphatic heterocycles. The van der Waals surface area contributed by atoms with Crippen molar-refractivity contribution in [3.05, 3.63) is 73.8 Å². The highest BCUT2D eigenvalue weighted by Crippen LogP contribution is 2.13. The lowest BCUT2D eigenvalue weighted by Gasteiger charge is -2.07. The third-order valence-corrected chi connectivity index (χ3v) is 5.62. The third kappa shape index (κ3) is 4.41. The fraction of sp³-hybridized carbons (Fsp3) is 0.238. The lowest BCUT2D eigenvalue weighted by Crippen LogP contribution is -2.23. The van der Waals surface area contributed by atoms with Crippen molar-refractivity contribution < 1.29 is 4.79 Å². The van der Waals surface area contributed by atoms with Gasteiger partial charge in [-0.1, -0.05) is 23.8 Å². The molecule has 3 aromatic heterocycles. The molecule has 0 aliphatic carbocycles. The number of aromatic amines is 1. The van der Waals surface area contributed by atoms with Gasteiger partial charge in [0.15, 0.2) is 0 Å². The van der Waals surface area contributed by atoms with Crippen molar-refractivity contribution in [2.45, 2.75) is 33.2 Å². The molecule has 8 nitrogen and oxygen atoms in total. The maximum Gasteiger partial charge on any atom is 0.277 e. The minimum absolute atomic E-state index is 0.148. The molecule has 30 heavy (non-hydrogen) atoms. The molecule has 0 spiro atoms. The first-order chi connectivity index (χ1) is 14.5. The van der Waals surface area contributed by atoms with Gasteiger partial charge in [-0.05, 0) is 43.8 Å². The summed E-state index contributed by atoms with van der Waals surface area (Å²) in [5, 5.41) is 11.0. The van der Waals surface area contributed by atoms with Crippen LogP contribution >= 0.6 is 11.3 Å². The largest absolute Gasteiger partial charge is 0.350 e. The van der Waals surface area contributed by atoms with E-state index in [1.165, 1.54) is 4.52 Å². The number of thiophene rings is 1. The van der Waals surface area contributed by atoms with Crippen LogP contribution in [0.4, 0.5) is 11.6 Å². The first kappa shape index (κ1) is 19.8. The van der Waals surface area contributed by atoms with Crippen molar-refractivity contribution in [3.63, 3.8) is 0 Å². The predicted octanol–water partition coefficient (Wildman–Crippen LogP) is 3.28. The van der Waals surface area contributed by atoms with E-state index < -0.39 is 0 Å².